The molecule has 1 aliphatic rings. The fourth-order valence-corrected chi connectivity index (χ4v) is 3.80. The van der Waals surface area contributed by atoms with Gasteiger partial charge >= 0.3 is 6.09 Å². The normalized spacial score (nSPS) is 17.1. The number of hydrogen-bond donors (Lipinski definition) is 1. The Morgan fingerprint density at radius 3 is 2.58 bits per heavy atom. The molecule has 0 aliphatic carbocycles. The van der Waals surface area contributed by atoms with Gasteiger partial charge in [0.25, 0.3) is 0 Å². The third kappa shape index (κ3) is 6.60. The Bertz CT molecular complexity index is 925. The van der Waals surface area contributed by atoms with Crippen molar-refractivity contribution in [1.29, 1.82) is 0 Å². The third-order valence-corrected chi connectivity index (χ3v) is 5.41. The van der Waals surface area contributed by atoms with E-state index in [0.29, 0.717) is 36.8 Å². The second kappa shape index (κ2) is 10.6. The number of methoxy groups -OCH3 is 2. The van der Waals surface area contributed by atoms with Crippen LogP contribution in [0, 0.1) is 5.92 Å². The predicted octanol–water partition coefficient (Wildman–Crippen LogP) is 3.95. The largest absolute Gasteiger partial charge is 0.497 e. The van der Waals surface area contributed by atoms with Gasteiger partial charge in [-0.05, 0) is 57.4 Å². The highest BCUT2D eigenvalue weighted by Crippen LogP contribution is 2.27. The highest BCUT2D eigenvalue weighted by atomic mass is 16.6. The summed E-state index contributed by atoms with van der Waals surface area (Å²) in [6, 6.07) is 12.5. The average Bonchev–Trinajstić information content (AvgIpc) is 2.81. The van der Waals surface area contributed by atoms with E-state index in [2.05, 4.69) is 10.3 Å². The lowest BCUT2D eigenvalue weighted by Crippen LogP contribution is -2.47. The van der Waals surface area contributed by atoms with Crippen LogP contribution in [0.2, 0.25) is 0 Å². The third-order valence-electron chi connectivity index (χ3n) is 5.41. The number of ether oxygens (including phenoxy) is 3. The van der Waals surface area contributed by atoms with Crippen LogP contribution in [0.25, 0.3) is 0 Å². The highest BCUT2D eigenvalue weighted by molar-refractivity contribution is 5.81. The number of aromatic nitrogens is 1. The fourth-order valence-electron chi connectivity index (χ4n) is 3.80. The molecule has 2 heterocycles. The molecule has 2 aromatic rings. The SMILES string of the molecule is COc1cccc(C(NC(=O)C2CCCN(C(=O)OC(C)(C)C)C2)c2cccc(OC)n2)c1. The highest BCUT2D eigenvalue weighted by Gasteiger charge is 2.32. The molecule has 0 spiro atoms. The number of hydrogen-bond acceptors (Lipinski definition) is 6. The predicted molar refractivity (Wildman–Crippen MR) is 124 cm³/mol. The Morgan fingerprint density at radius 1 is 1.12 bits per heavy atom. The van der Waals surface area contributed by atoms with Crippen molar-refractivity contribution in [2.45, 2.75) is 45.3 Å². The van der Waals surface area contributed by atoms with Gasteiger partial charge in [0.05, 0.1) is 31.9 Å². The van der Waals surface area contributed by atoms with Gasteiger partial charge in [-0.1, -0.05) is 18.2 Å². The van der Waals surface area contributed by atoms with Crippen LogP contribution in [0.5, 0.6) is 11.6 Å². The van der Waals surface area contributed by atoms with Crippen molar-refractivity contribution in [2.75, 3.05) is 27.3 Å². The van der Waals surface area contributed by atoms with Crippen LogP contribution in [-0.2, 0) is 9.53 Å². The standard InChI is InChI=1S/C25H33N3O5/c1-25(2,3)33-24(30)28-14-8-10-18(16-28)23(29)27-22(17-9-6-11-19(15-17)31-4)20-12-7-13-21(26-20)32-5/h6-7,9,11-13,15,18,22H,8,10,14,16H2,1-5H3,(H,27,29). The maximum absolute atomic E-state index is 13.3. The van der Waals surface area contributed by atoms with Gasteiger partial charge in [0.2, 0.25) is 11.8 Å². The van der Waals surface area contributed by atoms with Gasteiger partial charge in [0, 0.05) is 19.2 Å². The van der Waals surface area contributed by atoms with Crippen LogP contribution >= 0.6 is 0 Å². The van der Waals surface area contributed by atoms with Gasteiger partial charge in [0.1, 0.15) is 11.4 Å². The van der Waals surface area contributed by atoms with Crippen molar-refractivity contribution >= 4 is 12.0 Å². The maximum atomic E-state index is 13.3. The molecule has 1 N–H and O–H groups in total. The summed E-state index contributed by atoms with van der Waals surface area (Å²) in [4.78, 5) is 32.0. The number of rotatable bonds is 6. The van der Waals surface area contributed by atoms with E-state index in [1.165, 1.54) is 0 Å². The minimum absolute atomic E-state index is 0.138. The summed E-state index contributed by atoms with van der Waals surface area (Å²) < 4.78 is 16.1. The lowest BCUT2D eigenvalue weighted by Gasteiger charge is -2.34. The van der Waals surface area contributed by atoms with Crippen LogP contribution in [0.1, 0.15) is 50.9 Å². The Balaban J connectivity index is 1.81. The first-order valence-corrected chi connectivity index (χ1v) is 11.1. The molecule has 1 fully saturated rings. The molecule has 8 heteroatoms. The van der Waals surface area contributed by atoms with E-state index in [9.17, 15) is 9.59 Å². The molecular weight excluding hydrogens is 422 g/mol. The molecule has 1 aliphatic heterocycles. The monoisotopic (exact) mass is 455 g/mol. The van der Waals surface area contributed by atoms with Crippen LogP contribution in [0.4, 0.5) is 4.79 Å². The molecule has 0 bridgehead atoms. The zero-order chi connectivity index (χ0) is 24.0. The summed E-state index contributed by atoms with van der Waals surface area (Å²) >= 11 is 0. The number of carbonyl (C=O) groups is 2. The van der Waals surface area contributed by atoms with E-state index < -0.39 is 11.6 Å². The molecular formula is C25H33N3O5. The second-order valence-electron chi connectivity index (χ2n) is 9.09. The smallest absolute Gasteiger partial charge is 0.410 e. The van der Waals surface area contributed by atoms with Crippen LogP contribution in [-0.4, -0.2) is 54.8 Å². The molecule has 1 saturated heterocycles. The number of amides is 2. The fraction of sp³-hybridized carbons (Fsp3) is 0.480. The first-order valence-electron chi connectivity index (χ1n) is 11.1. The quantitative estimate of drug-likeness (QED) is 0.709. The minimum atomic E-state index is -0.582. The Morgan fingerprint density at radius 2 is 1.88 bits per heavy atom. The van der Waals surface area contributed by atoms with E-state index in [0.717, 1.165) is 12.0 Å². The van der Waals surface area contributed by atoms with Crippen molar-refractivity contribution in [3.63, 3.8) is 0 Å². The molecule has 8 nitrogen and oxygen atoms in total. The summed E-state index contributed by atoms with van der Waals surface area (Å²) in [5.41, 5.74) is 0.904. The van der Waals surface area contributed by atoms with Gasteiger partial charge in [0.15, 0.2) is 0 Å². The van der Waals surface area contributed by atoms with E-state index >= 15 is 0 Å². The molecule has 2 atom stereocenters. The van der Waals surface area contributed by atoms with E-state index in [4.69, 9.17) is 14.2 Å². The summed E-state index contributed by atoms with van der Waals surface area (Å²) in [6.45, 7) is 6.39. The van der Waals surface area contributed by atoms with Gasteiger partial charge in [-0.25, -0.2) is 9.78 Å². The van der Waals surface area contributed by atoms with Crippen molar-refractivity contribution in [2.24, 2.45) is 5.92 Å². The summed E-state index contributed by atoms with van der Waals surface area (Å²) in [5.74, 6) is 0.664. The van der Waals surface area contributed by atoms with Gasteiger partial charge in [-0.3, -0.25) is 4.79 Å². The number of benzene rings is 1. The molecule has 178 valence electrons. The Hall–Kier alpha value is -3.29. The van der Waals surface area contributed by atoms with E-state index in [1.54, 1.807) is 25.2 Å². The lowest BCUT2D eigenvalue weighted by molar-refractivity contribution is -0.127. The molecule has 2 unspecified atom stereocenters. The Labute approximate surface area is 195 Å². The number of carbonyl (C=O) groups excluding carboxylic acids is 2. The molecule has 2 amide bonds. The van der Waals surface area contributed by atoms with Crippen molar-refractivity contribution in [1.82, 2.24) is 15.2 Å². The zero-order valence-corrected chi connectivity index (χ0v) is 20.0. The average molecular weight is 456 g/mol. The van der Waals surface area contributed by atoms with Gasteiger partial charge < -0.3 is 24.4 Å². The number of piperidine rings is 1. The summed E-state index contributed by atoms with van der Waals surface area (Å²) in [5, 5.41) is 3.14. The molecule has 33 heavy (non-hydrogen) atoms. The number of nitrogens with zero attached hydrogens (tertiary/aromatic N) is 2. The zero-order valence-electron chi connectivity index (χ0n) is 20.0. The van der Waals surface area contributed by atoms with Gasteiger partial charge in [-0.15, -0.1) is 0 Å². The lowest BCUT2D eigenvalue weighted by atomic mass is 9.95. The topological polar surface area (TPSA) is 90.0 Å². The van der Waals surface area contributed by atoms with Crippen LogP contribution in [0.15, 0.2) is 42.5 Å². The maximum Gasteiger partial charge on any atom is 0.410 e. The second-order valence-corrected chi connectivity index (χ2v) is 9.09. The molecule has 0 radical (unpaired) electrons. The number of likely N-dealkylation sites (tertiary alicyclic amines) is 1. The Kier molecular flexibility index (Phi) is 7.79. The molecule has 1 aromatic carbocycles. The van der Waals surface area contributed by atoms with Crippen LogP contribution < -0.4 is 14.8 Å². The molecule has 1 aromatic heterocycles. The molecule has 0 saturated carbocycles. The summed E-state index contributed by atoms with van der Waals surface area (Å²) in [7, 11) is 3.16. The van der Waals surface area contributed by atoms with Crippen molar-refractivity contribution in [3.05, 3.63) is 53.7 Å². The first kappa shape index (κ1) is 24.4. The van der Waals surface area contributed by atoms with E-state index in [1.807, 2.05) is 57.2 Å². The van der Waals surface area contributed by atoms with Crippen LogP contribution in [0.3, 0.4) is 0 Å². The van der Waals surface area contributed by atoms with Gasteiger partial charge in [-0.2, -0.15) is 0 Å². The van der Waals surface area contributed by atoms with Crippen molar-refractivity contribution in [3.8, 4) is 11.6 Å². The minimum Gasteiger partial charge on any atom is -0.497 e. The molecule has 3 rings (SSSR count). The summed E-state index contributed by atoms with van der Waals surface area (Å²) in [6.07, 6.45) is 1.04. The number of nitrogens with one attached hydrogen (secondary N) is 1. The van der Waals surface area contributed by atoms with Crippen molar-refractivity contribution < 1.29 is 23.8 Å². The first-order chi connectivity index (χ1) is 15.7. The number of pyridine rings is 1. The van der Waals surface area contributed by atoms with E-state index in [-0.39, 0.29) is 17.9 Å².